The van der Waals surface area contributed by atoms with E-state index < -0.39 is 0 Å². The van der Waals surface area contributed by atoms with Gasteiger partial charge in [0.25, 0.3) is 0 Å². The fraction of sp³-hybridized carbons (Fsp3) is 0.800. The van der Waals surface area contributed by atoms with E-state index in [1.807, 2.05) is 26.4 Å². The van der Waals surface area contributed by atoms with Gasteiger partial charge in [-0.2, -0.15) is 0 Å². The van der Waals surface area contributed by atoms with Crippen LogP contribution in [0.2, 0.25) is 0 Å². The molecule has 1 aromatic heterocycles. The van der Waals surface area contributed by atoms with Crippen molar-refractivity contribution in [3.63, 3.8) is 0 Å². The van der Waals surface area contributed by atoms with Gasteiger partial charge < -0.3 is 14.6 Å². The lowest BCUT2D eigenvalue weighted by Crippen LogP contribution is -2.43. The maximum atomic E-state index is 6.03. The van der Waals surface area contributed by atoms with Crippen molar-refractivity contribution in [1.82, 2.24) is 14.9 Å². The number of aromatic nitrogens is 2. The van der Waals surface area contributed by atoms with Crippen LogP contribution in [-0.4, -0.2) is 28.8 Å². The molecule has 1 N–H and O–H groups in total. The summed E-state index contributed by atoms with van der Waals surface area (Å²) >= 11 is 0. The Balaban J connectivity index is 3.03. The fourth-order valence-electron chi connectivity index (χ4n) is 2.34. The highest BCUT2D eigenvalue weighted by Gasteiger charge is 2.35. The van der Waals surface area contributed by atoms with Crippen molar-refractivity contribution >= 4 is 0 Å². The van der Waals surface area contributed by atoms with Crippen LogP contribution in [0.1, 0.15) is 52.9 Å². The van der Waals surface area contributed by atoms with E-state index in [-0.39, 0.29) is 17.6 Å². The molecular formula is C15H29N3O. The number of ether oxygens (including phenoxy) is 1. The molecule has 0 amide bonds. The van der Waals surface area contributed by atoms with Gasteiger partial charge in [0, 0.05) is 26.0 Å². The molecular weight excluding hydrogens is 238 g/mol. The van der Waals surface area contributed by atoms with Gasteiger partial charge in [-0.15, -0.1) is 0 Å². The Morgan fingerprint density at radius 1 is 1.37 bits per heavy atom. The number of hydrogen-bond acceptors (Lipinski definition) is 3. The van der Waals surface area contributed by atoms with Crippen molar-refractivity contribution in [2.75, 3.05) is 13.2 Å². The van der Waals surface area contributed by atoms with Crippen LogP contribution >= 0.6 is 0 Å². The third-order valence-electron chi connectivity index (χ3n) is 3.25. The molecule has 0 aliphatic carbocycles. The molecule has 1 heterocycles. The van der Waals surface area contributed by atoms with Gasteiger partial charge in [-0.1, -0.05) is 27.7 Å². The average Bonchev–Trinajstić information content (AvgIpc) is 2.73. The molecule has 0 aromatic carbocycles. The molecule has 0 aliphatic rings. The van der Waals surface area contributed by atoms with Gasteiger partial charge in [0.1, 0.15) is 5.82 Å². The minimum atomic E-state index is 0.0629. The molecule has 0 aliphatic heterocycles. The fourth-order valence-corrected chi connectivity index (χ4v) is 2.34. The third-order valence-corrected chi connectivity index (χ3v) is 3.25. The second-order valence-corrected chi connectivity index (χ2v) is 6.07. The van der Waals surface area contributed by atoms with Gasteiger partial charge in [-0.25, -0.2) is 4.98 Å². The number of hydrogen-bond donors (Lipinski definition) is 1. The van der Waals surface area contributed by atoms with Crippen LogP contribution in [0, 0.1) is 5.41 Å². The minimum absolute atomic E-state index is 0.0629. The Morgan fingerprint density at radius 2 is 2.05 bits per heavy atom. The number of rotatable bonds is 7. The van der Waals surface area contributed by atoms with Gasteiger partial charge in [-0.3, -0.25) is 0 Å². The molecule has 2 atom stereocenters. The van der Waals surface area contributed by atoms with Crippen molar-refractivity contribution in [3.05, 3.63) is 18.2 Å². The van der Waals surface area contributed by atoms with E-state index in [2.05, 4.69) is 42.6 Å². The van der Waals surface area contributed by atoms with E-state index in [4.69, 9.17) is 4.74 Å². The van der Waals surface area contributed by atoms with Crippen molar-refractivity contribution in [1.29, 1.82) is 0 Å². The summed E-state index contributed by atoms with van der Waals surface area (Å²) in [6.07, 6.45) is 5.04. The second-order valence-electron chi connectivity index (χ2n) is 6.07. The van der Waals surface area contributed by atoms with E-state index in [9.17, 15) is 0 Å². The molecule has 0 saturated carbocycles. The lowest BCUT2D eigenvalue weighted by atomic mass is 9.84. The number of aryl methyl sites for hydroxylation is 1. The summed E-state index contributed by atoms with van der Waals surface area (Å²) in [6, 6.07) is 0.125. The molecule has 110 valence electrons. The SMILES string of the molecule is CCCNC(c1nccn1C)C(OCC)C(C)(C)C. The summed E-state index contributed by atoms with van der Waals surface area (Å²) in [4.78, 5) is 4.51. The van der Waals surface area contributed by atoms with Crippen LogP contribution in [-0.2, 0) is 11.8 Å². The molecule has 0 bridgehead atoms. The average molecular weight is 267 g/mol. The lowest BCUT2D eigenvalue weighted by molar-refractivity contribution is -0.0389. The maximum Gasteiger partial charge on any atom is 0.128 e. The highest BCUT2D eigenvalue weighted by molar-refractivity contribution is 5.04. The van der Waals surface area contributed by atoms with Gasteiger partial charge in [0.05, 0.1) is 12.1 Å². The quantitative estimate of drug-likeness (QED) is 0.825. The molecule has 0 fully saturated rings. The number of imidazole rings is 1. The monoisotopic (exact) mass is 267 g/mol. The van der Waals surface area contributed by atoms with Crippen molar-refractivity contribution in [2.24, 2.45) is 12.5 Å². The first-order valence-electron chi connectivity index (χ1n) is 7.24. The molecule has 19 heavy (non-hydrogen) atoms. The van der Waals surface area contributed by atoms with Crippen LogP contribution in [0.4, 0.5) is 0 Å². The van der Waals surface area contributed by atoms with Crippen LogP contribution in [0.5, 0.6) is 0 Å². The molecule has 4 nitrogen and oxygen atoms in total. The van der Waals surface area contributed by atoms with Crippen molar-refractivity contribution in [3.8, 4) is 0 Å². The summed E-state index contributed by atoms with van der Waals surface area (Å²) in [5, 5.41) is 3.60. The first kappa shape index (κ1) is 16.2. The van der Waals surface area contributed by atoms with Crippen LogP contribution in [0.15, 0.2) is 12.4 Å². The van der Waals surface area contributed by atoms with E-state index in [1.165, 1.54) is 0 Å². The van der Waals surface area contributed by atoms with E-state index in [0.29, 0.717) is 0 Å². The Hall–Kier alpha value is -0.870. The molecule has 0 spiro atoms. The Bertz CT molecular complexity index is 368. The van der Waals surface area contributed by atoms with Crippen LogP contribution in [0.3, 0.4) is 0 Å². The minimum Gasteiger partial charge on any atom is -0.376 e. The normalized spacial score (nSPS) is 15.5. The highest BCUT2D eigenvalue weighted by Crippen LogP contribution is 2.32. The maximum absolute atomic E-state index is 6.03. The zero-order chi connectivity index (χ0) is 14.5. The van der Waals surface area contributed by atoms with Gasteiger partial charge in [0.2, 0.25) is 0 Å². The van der Waals surface area contributed by atoms with E-state index >= 15 is 0 Å². The molecule has 1 rings (SSSR count). The standard InChI is InChI=1S/C15H29N3O/c1-7-9-16-12(14-17-10-11-18(14)6)13(19-8-2)15(3,4)5/h10-13,16H,7-9H2,1-6H3. The Labute approximate surface area is 117 Å². The van der Waals surface area contributed by atoms with E-state index in [1.54, 1.807) is 0 Å². The lowest BCUT2D eigenvalue weighted by Gasteiger charge is -2.37. The van der Waals surface area contributed by atoms with E-state index in [0.717, 1.165) is 25.4 Å². The summed E-state index contributed by atoms with van der Waals surface area (Å²) < 4.78 is 8.10. The second kappa shape index (κ2) is 7.06. The number of nitrogens with one attached hydrogen (secondary N) is 1. The molecule has 0 radical (unpaired) electrons. The zero-order valence-corrected chi connectivity index (χ0v) is 13.2. The molecule has 1 aromatic rings. The summed E-state index contributed by atoms with van der Waals surface area (Å²) in [6.45, 7) is 12.6. The predicted molar refractivity (Wildman–Crippen MR) is 79.1 cm³/mol. The smallest absolute Gasteiger partial charge is 0.128 e. The summed E-state index contributed by atoms with van der Waals surface area (Å²) in [5.74, 6) is 1.04. The van der Waals surface area contributed by atoms with Gasteiger partial charge in [0.15, 0.2) is 0 Å². The first-order valence-corrected chi connectivity index (χ1v) is 7.24. The van der Waals surface area contributed by atoms with Crippen LogP contribution in [0.25, 0.3) is 0 Å². The number of nitrogens with zero attached hydrogens (tertiary/aromatic N) is 2. The predicted octanol–water partition coefficient (Wildman–Crippen LogP) is 2.91. The molecule has 4 heteroatoms. The third kappa shape index (κ3) is 4.32. The summed E-state index contributed by atoms with van der Waals surface area (Å²) in [5.41, 5.74) is 0.0629. The highest BCUT2D eigenvalue weighted by atomic mass is 16.5. The first-order chi connectivity index (χ1) is 8.91. The Kier molecular flexibility index (Phi) is 6.01. The zero-order valence-electron chi connectivity index (χ0n) is 13.2. The molecule has 0 saturated heterocycles. The Morgan fingerprint density at radius 3 is 2.47 bits per heavy atom. The molecule has 2 unspecified atom stereocenters. The summed E-state index contributed by atoms with van der Waals surface area (Å²) in [7, 11) is 2.04. The largest absolute Gasteiger partial charge is 0.376 e. The van der Waals surface area contributed by atoms with Gasteiger partial charge >= 0.3 is 0 Å². The van der Waals surface area contributed by atoms with Crippen molar-refractivity contribution < 1.29 is 4.74 Å². The van der Waals surface area contributed by atoms with Crippen LogP contribution < -0.4 is 5.32 Å². The topological polar surface area (TPSA) is 39.1 Å². The van der Waals surface area contributed by atoms with Crippen molar-refractivity contribution in [2.45, 2.75) is 53.2 Å². The van der Waals surface area contributed by atoms with Gasteiger partial charge in [-0.05, 0) is 25.3 Å².